The van der Waals surface area contributed by atoms with E-state index in [1.807, 2.05) is 24.3 Å². The maximum atomic E-state index is 12.0. The monoisotopic (exact) mass is 287 g/mol. The molecule has 1 amide bonds. The smallest absolute Gasteiger partial charge is 0.261 e. The number of rotatable bonds is 6. The molecule has 0 aliphatic rings. The van der Waals surface area contributed by atoms with Crippen LogP contribution in [0.5, 0.6) is 5.75 Å². The molecule has 2 aromatic rings. The molecule has 4 heteroatoms. The Morgan fingerprint density at radius 1 is 1.24 bits per heavy atom. The molecule has 1 atom stereocenters. The highest BCUT2D eigenvalue weighted by molar-refractivity contribution is 5.80. The second-order valence-electron chi connectivity index (χ2n) is 5.28. The number of amides is 1. The Labute approximate surface area is 125 Å². The number of benzene rings is 1. The molecule has 1 N–H and O–H groups in total. The molecule has 2 rings (SSSR count). The van der Waals surface area contributed by atoms with Crippen LogP contribution in [0.15, 0.2) is 47.1 Å². The van der Waals surface area contributed by atoms with Crippen molar-refractivity contribution in [3.8, 4) is 5.75 Å². The quantitative estimate of drug-likeness (QED) is 0.885. The molecule has 0 fully saturated rings. The standard InChI is InChI=1S/C17H21NO3/c1-12(2)14-6-4-7-15(10-14)21-13(3)17(19)18-11-16-8-5-9-20-16/h4-10,12-13H,11H2,1-3H3,(H,18,19). The summed E-state index contributed by atoms with van der Waals surface area (Å²) in [4.78, 5) is 12.0. The predicted molar refractivity (Wildman–Crippen MR) is 81.2 cm³/mol. The van der Waals surface area contributed by atoms with Crippen LogP contribution in [0.1, 0.15) is 38.0 Å². The fourth-order valence-corrected chi connectivity index (χ4v) is 1.94. The summed E-state index contributed by atoms with van der Waals surface area (Å²) in [5.41, 5.74) is 1.19. The molecule has 0 aliphatic heterocycles. The minimum atomic E-state index is -0.553. The third-order valence-electron chi connectivity index (χ3n) is 3.22. The number of carbonyl (C=O) groups excluding carboxylic acids is 1. The lowest BCUT2D eigenvalue weighted by Gasteiger charge is -2.15. The van der Waals surface area contributed by atoms with E-state index in [4.69, 9.17) is 9.15 Å². The number of hydrogen-bond donors (Lipinski definition) is 1. The van der Waals surface area contributed by atoms with E-state index in [1.165, 1.54) is 5.56 Å². The van der Waals surface area contributed by atoms with Crippen molar-refractivity contribution in [2.45, 2.75) is 39.3 Å². The zero-order valence-corrected chi connectivity index (χ0v) is 12.6. The van der Waals surface area contributed by atoms with E-state index in [1.54, 1.807) is 19.3 Å². The van der Waals surface area contributed by atoms with Crippen LogP contribution in [-0.4, -0.2) is 12.0 Å². The van der Waals surface area contributed by atoms with Crippen LogP contribution >= 0.6 is 0 Å². The average molecular weight is 287 g/mol. The fourth-order valence-electron chi connectivity index (χ4n) is 1.94. The zero-order valence-electron chi connectivity index (χ0n) is 12.6. The molecule has 1 aromatic heterocycles. The van der Waals surface area contributed by atoms with Crippen molar-refractivity contribution >= 4 is 5.91 Å². The SMILES string of the molecule is CC(Oc1cccc(C(C)C)c1)C(=O)NCc1ccco1. The maximum Gasteiger partial charge on any atom is 0.261 e. The molecule has 0 saturated heterocycles. The number of furan rings is 1. The van der Waals surface area contributed by atoms with Crippen molar-refractivity contribution in [1.29, 1.82) is 0 Å². The molecule has 1 aromatic carbocycles. The molecular formula is C17H21NO3. The average Bonchev–Trinajstić information content (AvgIpc) is 2.98. The molecular weight excluding hydrogens is 266 g/mol. The minimum absolute atomic E-state index is 0.165. The third kappa shape index (κ3) is 4.38. The summed E-state index contributed by atoms with van der Waals surface area (Å²) < 4.78 is 10.9. The third-order valence-corrected chi connectivity index (χ3v) is 3.22. The summed E-state index contributed by atoms with van der Waals surface area (Å²) >= 11 is 0. The van der Waals surface area contributed by atoms with Crippen molar-refractivity contribution in [3.63, 3.8) is 0 Å². The molecule has 0 bridgehead atoms. The molecule has 112 valence electrons. The van der Waals surface area contributed by atoms with Gasteiger partial charge in [-0.2, -0.15) is 0 Å². The van der Waals surface area contributed by atoms with Crippen molar-refractivity contribution in [1.82, 2.24) is 5.32 Å². The molecule has 4 nitrogen and oxygen atoms in total. The van der Waals surface area contributed by atoms with Crippen LogP contribution in [0.2, 0.25) is 0 Å². The number of ether oxygens (including phenoxy) is 1. The van der Waals surface area contributed by atoms with E-state index in [9.17, 15) is 4.79 Å². The number of hydrogen-bond acceptors (Lipinski definition) is 3. The van der Waals surface area contributed by atoms with Gasteiger partial charge in [0.15, 0.2) is 6.10 Å². The normalized spacial score (nSPS) is 12.2. The Balaban J connectivity index is 1.89. The van der Waals surface area contributed by atoms with Gasteiger partial charge in [-0.1, -0.05) is 26.0 Å². The van der Waals surface area contributed by atoms with Crippen LogP contribution < -0.4 is 10.1 Å². The summed E-state index contributed by atoms with van der Waals surface area (Å²) in [5.74, 6) is 1.69. The maximum absolute atomic E-state index is 12.0. The van der Waals surface area contributed by atoms with E-state index in [0.29, 0.717) is 18.2 Å². The van der Waals surface area contributed by atoms with Gasteiger partial charge in [-0.25, -0.2) is 0 Å². The summed E-state index contributed by atoms with van der Waals surface area (Å²) in [6, 6.07) is 11.4. The van der Waals surface area contributed by atoms with Crippen LogP contribution in [0.25, 0.3) is 0 Å². The first-order valence-corrected chi connectivity index (χ1v) is 7.13. The highest BCUT2D eigenvalue weighted by Crippen LogP contribution is 2.21. The van der Waals surface area contributed by atoms with Gasteiger partial charge in [-0.15, -0.1) is 0 Å². The molecule has 0 radical (unpaired) electrons. The first kappa shape index (κ1) is 15.2. The van der Waals surface area contributed by atoms with Gasteiger partial charge < -0.3 is 14.5 Å². The lowest BCUT2D eigenvalue weighted by molar-refractivity contribution is -0.127. The number of carbonyl (C=O) groups is 1. The summed E-state index contributed by atoms with van der Waals surface area (Å²) in [6.45, 7) is 6.35. The fraction of sp³-hybridized carbons (Fsp3) is 0.353. The van der Waals surface area contributed by atoms with Gasteiger partial charge in [0.2, 0.25) is 0 Å². The van der Waals surface area contributed by atoms with E-state index in [0.717, 1.165) is 5.76 Å². The highest BCUT2D eigenvalue weighted by Gasteiger charge is 2.15. The van der Waals surface area contributed by atoms with Crippen LogP contribution in [0.4, 0.5) is 0 Å². The second-order valence-corrected chi connectivity index (χ2v) is 5.28. The summed E-state index contributed by atoms with van der Waals surface area (Å²) in [7, 11) is 0. The Kier molecular flexibility index (Phi) is 5.04. The van der Waals surface area contributed by atoms with Gasteiger partial charge in [-0.3, -0.25) is 4.79 Å². The van der Waals surface area contributed by atoms with Gasteiger partial charge in [0.25, 0.3) is 5.91 Å². The number of nitrogens with one attached hydrogen (secondary N) is 1. The first-order valence-electron chi connectivity index (χ1n) is 7.13. The second kappa shape index (κ2) is 6.97. The van der Waals surface area contributed by atoms with E-state index in [-0.39, 0.29) is 5.91 Å². The molecule has 0 saturated carbocycles. The minimum Gasteiger partial charge on any atom is -0.481 e. The zero-order chi connectivity index (χ0) is 15.2. The van der Waals surface area contributed by atoms with Crippen molar-refractivity contribution in [2.24, 2.45) is 0 Å². The van der Waals surface area contributed by atoms with Gasteiger partial charge in [0.1, 0.15) is 11.5 Å². The molecule has 1 unspecified atom stereocenters. The summed E-state index contributed by atoms with van der Waals surface area (Å²) in [6.07, 6.45) is 1.03. The van der Waals surface area contributed by atoms with E-state index < -0.39 is 6.10 Å². The van der Waals surface area contributed by atoms with Crippen molar-refractivity contribution in [2.75, 3.05) is 0 Å². The van der Waals surface area contributed by atoms with E-state index >= 15 is 0 Å². The first-order chi connectivity index (χ1) is 10.1. The van der Waals surface area contributed by atoms with Crippen molar-refractivity contribution in [3.05, 3.63) is 54.0 Å². The molecule has 1 heterocycles. The van der Waals surface area contributed by atoms with Gasteiger partial charge in [-0.05, 0) is 42.7 Å². The lowest BCUT2D eigenvalue weighted by atomic mass is 10.0. The van der Waals surface area contributed by atoms with Crippen molar-refractivity contribution < 1.29 is 13.9 Å². The molecule has 0 aliphatic carbocycles. The summed E-state index contributed by atoms with van der Waals surface area (Å²) in [5, 5.41) is 2.78. The topological polar surface area (TPSA) is 51.5 Å². The molecule has 21 heavy (non-hydrogen) atoms. The van der Waals surface area contributed by atoms with Gasteiger partial charge in [0.05, 0.1) is 12.8 Å². The highest BCUT2D eigenvalue weighted by atomic mass is 16.5. The van der Waals surface area contributed by atoms with E-state index in [2.05, 4.69) is 25.2 Å². The van der Waals surface area contributed by atoms with Crippen LogP contribution in [0.3, 0.4) is 0 Å². The Hall–Kier alpha value is -2.23. The Morgan fingerprint density at radius 3 is 2.71 bits per heavy atom. The Bertz CT molecular complexity index is 575. The Morgan fingerprint density at radius 2 is 2.05 bits per heavy atom. The van der Waals surface area contributed by atoms with Gasteiger partial charge >= 0.3 is 0 Å². The molecule has 0 spiro atoms. The van der Waals surface area contributed by atoms with Crippen LogP contribution in [0, 0.1) is 0 Å². The predicted octanol–water partition coefficient (Wildman–Crippen LogP) is 3.49. The van der Waals surface area contributed by atoms with Gasteiger partial charge in [0, 0.05) is 0 Å². The van der Waals surface area contributed by atoms with Crippen LogP contribution in [-0.2, 0) is 11.3 Å². The largest absolute Gasteiger partial charge is 0.481 e. The lowest BCUT2D eigenvalue weighted by Crippen LogP contribution is -2.35.